The highest BCUT2D eigenvalue weighted by Crippen LogP contribution is 2.29. The average molecular weight is 258 g/mol. The number of nitrogens with zero attached hydrogens (tertiary/aromatic N) is 1. The predicted molar refractivity (Wildman–Crippen MR) is 75.5 cm³/mol. The Morgan fingerprint density at radius 2 is 2.00 bits per heavy atom. The Morgan fingerprint density at radius 3 is 2.59 bits per heavy atom. The molecular formula is C13H26N2OS. The summed E-state index contributed by atoms with van der Waals surface area (Å²) in [6.07, 6.45) is 3.75. The van der Waals surface area contributed by atoms with Crippen LogP contribution in [0.5, 0.6) is 0 Å². The van der Waals surface area contributed by atoms with Crippen LogP contribution in [0.2, 0.25) is 0 Å². The number of likely N-dealkylation sites (N-methyl/N-ethyl adjacent to an activating group) is 1. The van der Waals surface area contributed by atoms with Gasteiger partial charge < -0.3 is 10.2 Å². The van der Waals surface area contributed by atoms with Gasteiger partial charge in [-0.25, -0.2) is 0 Å². The molecule has 1 fully saturated rings. The van der Waals surface area contributed by atoms with E-state index in [1.807, 2.05) is 18.7 Å². The quantitative estimate of drug-likeness (QED) is 0.759. The maximum absolute atomic E-state index is 11.8. The van der Waals surface area contributed by atoms with Gasteiger partial charge in [-0.2, -0.15) is 11.8 Å². The molecule has 0 aromatic rings. The molecule has 1 saturated carbocycles. The van der Waals surface area contributed by atoms with Crippen LogP contribution in [0.4, 0.5) is 0 Å². The first-order chi connectivity index (χ1) is 8.21. The Morgan fingerprint density at radius 1 is 1.29 bits per heavy atom. The van der Waals surface area contributed by atoms with Gasteiger partial charge in [-0.15, -0.1) is 0 Å². The lowest BCUT2D eigenvalue weighted by Gasteiger charge is -2.20. The summed E-state index contributed by atoms with van der Waals surface area (Å²) in [4.78, 5) is 13.7. The van der Waals surface area contributed by atoms with Gasteiger partial charge in [0.25, 0.3) is 0 Å². The summed E-state index contributed by atoms with van der Waals surface area (Å²) < 4.78 is 0. The minimum atomic E-state index is 0.238. The van der Waals surface area contributed by atoms with Gasteiger partial charge in [0.2, 0.25) is 5.91 Å². The van der Waals surface area contributed by atoms with Crippen molar-refractivity contribution in [2.75, 3.05) is 25.4 Å². The first kappa shape index (κ1) is 14.8. The van der Waals surface area contributed by atoms with Gasteiger partial charge >= 0.3 is 0 Å². The number of carbonyl (C=O) groups is 1. The molecule has 1 aliphatic carbocycles. The van der Waals surface area contributed by atoms with Crippen molar-refractivity contribution in [2.24, 2.45) is 0 Å². The third kappa shape index (κ3) is 4.88. The van der Waals surface area contributed by atoms with Crippen LogP contribution >= 0.6 is 11.8 Å². The fourth-order valence-electron chi connectivity index (χ4n) is 2.43. The Bertz CT molecular complexity index is 231. The highest BCUT2D eigenvalue weighted by molar-refractivity contribution is 7.99. The van der Waals surface area contributed by atoms with Crippen molar-refractivity contribution in [3.05, 3.63) is 0 Å². The summed E-state index contributed by atoms with van der Waals surface area (Å²) in [5.74, 6) is 1.44. The van der Waals surface area contributed by atoms with Gasteiger partial charge in [-0.05, 0) is 38.9 Å². The lowest BCUT2D eigenvalue weighted by atomic mass is 10.2. The van der Waals surface area contributed by atoms with Crippen LogP contribution in [-0.2, 0) is 4.79 Å². The number of amides is 1. The molecule has 0 aromatic heterocycles. The number of rotatable bonds is 7. The third-order valence-electron chi connectivity index (χ3n) is 3.44. The molecule has 0 heterocycles. The van der Waals surface area contributed by atoms with Crippen molar-refractivity contribution >= 4 is 17.7 Å². The molecule has 0 saturated heterocycles. The molecule has 0 aliphatic heterocycles. The minimum Gasteiger partial charge on any atom is -0.342 e. The van der Waals surface area contributed by atoms with Crippen LogP contribution in [0.1, 0.15) is 40.0 Å². The van der Waals surface area contributed by atoms with Crippen molar-refractivity contribution in [2.45, 2.75) is 51.3 Å². The molecule has 1 rings (SSSR count). The van der Waals surface area contributed by atoms with Crippen LogP contribution < -0.4 is 5.32 Å². The molecule has 0 bridgehead atoms. The smallest absolute Gasteiger partial charge is 0.236 e. The number of nitrogens with one attached hydrogen (secondary N) is 1. The molecule has 17 heavy (non-hydrogen) atoms. The first-order valence-corrected chi connectivity index (χ1v) is 7.88. The Kier molecular flexibility index (Phi) is 6.97. The van der Waals surface area contributed by atoms with E-state index in [0.717, 1.165) is 18.3 Å². The molecule has 1 N–H and O–H groups in total. The van der Waals surface area contributed by atoms with E-state index in [1.54, 1.807) is 0 Å². The molecule has 4 heteroatoms. The standard InChI is InChI=1S/C13H26N2OS/c1-4-15(5-2)13(16)10-14-11-7-8-12(9-11)17-6-3/h11-12,14H,4-10H2,1-3H3. The van der Waals surface area contributed by atoms with Crippen molar-refractivity contribution in [1.82, 2.24) is 10.2 Å². The Labute approximate surface area is 110 Å². The molecule has 2 atom stereocenters. The van der Waals surface area contributed by atoms with E-state index in [9.17, 15) is 4.79 Å². The van der Waals surface area contributed by atoms with Gasteiger partial charge in [0.05, 0.1) is 6.54 Å². The summed E-state index contributed by atoms with van der Waals surface area (Å²) >= 11 is 2.06. The van der Waals surface area contributed by atoms with Gasteiger partial charge in [0.1, 0.15) is 0 Å². The highest BCUT2D eigenvalue weighted by Gasteiger charge is 2.24. The summed E-state index contributed by atoms with van der Waals surface area (Å²) in [5, 5.41) is 4.22. The summed E-state index contributed by atoms with van der Waals surface area (Å²) in [6, 6.07) is 0.554. The molecule has 2 unspecified atom stereocenters. The van der Waals surface area contributed by atoms with Gasteiger partial charge in [-0.3, -0.25) is 4.79 Å². The average Bonchev–Trinajstić information content (AvgIpc) is 2.76. The zero-order valence-electron chi connectivity index (χ0n) is 11.4. The number of hydrogen-bond acceptors (Lipinski definition) is 3. The summed E-state index contributed by atoms with van der Waals surface area (Å²) in [5.41, 5.74) is 0. The van der Waals surface area contributed by atoms with E-state index in [2.05, 4.69) is 24.0 Å². The van der Waals surface area contributed by atoms with Crippen molar-refractivity contribution in [3.63, 3.8) is 0 Å². The van der Waals surface area contributed by atoms with Crippen molar-refractivity contribution < 1.29 is 4.79 Å². The van der Waals surface area contributed by atoms with E-state index >= 15 is 0 Å². The monoisotopic (exact) mass is 258 g/mol. The predicted octanol–water partition coefficient (Wildman–Crippen LogP) is 2.12. The second-order valence-electron chi connectivity index (χ2n) is 4.53. The Hall–Kier alpha value is -0.220. The zero-order valence-corrected chi connectivity index (χ0v) is 12.2. The van der Waals surface area contributed by atoms with E-state index in [-0.39, 0.29) is 5.91 Å². The largest absolute Gasteiger partial charge is 0.342 e. The molecule has 0 radical (unpaired) electrons. The number of hydrogen-bond donors (Lipinski definition) is 1. The lowest BCUT2D eigenvalue weighted by molar-refractivity contribution is -0.129. The molecule has 0 spiro atoms. The van der Waals surface area contributed by atoms with Gasteiger partial charge in [0.15, 0.2) is 0 Å². The molecule has 100 valence electrons. The topological polar surface area (TPSA) is 32.3 Å². The summed E-state index contributed by atoms with van der Waals surface area (Å²) in [6.45, 7) is 8.42. The molecule has 0 aromatic carbocycles. The lowest BCUT2D eigenvalue weighted by Crippen LogP contribution is -2.41. The Balaban J connectivity index is 2.21. The van der Waals surface area contributed by atoms with E-state index in [0.29, 0.717) is 12.6 Å². The molecular weight excluding hydrogens is 232 g/mol. The van der Waals surface area contributed by atoms with Gasteiger partial charge in [0, 0.05) is 24.4 Å². The zero-order chi connectivity index (χ0) is 12.7. The highest BCUT2D eigenvalue weighted by atomic mass is 32.2. The number of carbonyl (C=O) groups excluding carboxylic acids is 1. The third-order valence-corrected chi connectivity index (χ3v) is 4.68. The molecule has 3 nitrogen and oxygen atoms in total. The maximum Gasteiger partial charge on any atom is 0.236 e. The van der Waals surface area contributed by atoms with Crippen molar-refractivity contribution in [3.8, 4) is 0 Å². The molecule has 1 aliphatic rings. The SMILES string of the molecule is CCSC1CCC(NCC(=O)N(CC)CC)C1. The first-order valence-electron chi connectivity index (χ1n) is 6.83. The second-order valence-corrected chi connectivity index (χ2v) is 6.11. The fourth-order valence-corrected chi connectivity index (χ4v) is 3.57. The molecule has 1 amide bonds. The number of thioether (sulfide) groups is 1. The summed E-state index contributed by atoms with van der Waals surface area (Å²) in [7, 11) is 0. The van der Waals surface area contributed by atoms with E-state index in [1.165, 1.54) is 25.0 Å². The van der Waals surface area contributed by atoms with Crippen LogP contribution in [0, 0.1) is 0 Å². The van der Waals surface area contributed by atoms with Crippen LogP contribution in [-0.4, -0.2) is 47.5 Å². The van der Waals surface area contributed by atoms with Crippen LogP contribution in [0.3, 0.4) is 0 Å². The maximum atomic E-state index is 11.8. The minimum absolute atomic E-state index is 0.238. The van der Waals surface area contributed by atoms with Gasteiger partial charge in [-0.1, -0.05) is 6.92 Å². The fraction of sp³-hybridized carbons (Fsp3) is 0.923. The van der Waals surface area contributed by atoms with E-state index in [4.69, 9.17) is 0 Å². The van der Waals surface area contributed by atoms with E-state index < -0.39 is 0 Å². The normalized spacial score (nSPS) is 23.9. The second kappa shape index (κ2) is 7.98. The van der Waals surface area contributed by atoms with Crippen molar-refractivity contribution in [1.29, 1.82) is 0 Å². The van der Waals surface area contributed by atoms with Crippen LogP contribution in [0.25, 0.3) is 0 Å². The van der Waals surface area contributed by atoms with Crippen LogP contribution in [0.15, 0.2) is 0 Å².